The number of rotatable bonds is 11. The van der Waals surface area contributed by atoms with Gasteiger partial charge in [-0.1, -0.05) is 58.3 Å². The predicted molar refractivity (Wildman–Crippen MR) is 68.2 cm³/mol. The molecule has 0 spiro atoms. The number of carboxylic acids is 1. The van der Waals surface area contributed by atoms with Gasteiger partial charge >= 0.3 is 5.97 Å². The van der Waals surface area contributed by atoms with E-state index in [0.29, 0.717) is 13.0 Å². The largest absolute Gasteiger partial charge is 0.479 e. The van der Waals surface area contributed by atoms with E-state index < -0.39 is 11.6 Å². The summed E-state index contributed by atoms with van der Waals surface area (Å²) in [5.74, 6) is -0.780. The summed E-state index contributed by atoms with van der Waals surface area (Å²) in [7, 11) is 0. The van der Waals surface area contributed by atoms with Gasteiger partial charge in [-0.15, -0.1) is 0 Å². The lowest BCUT2D eigenvalue weighted by molar-refractivity contribution is -0.143. The zero-order valence-electron chi connectivity index (χ0n) is 11.0. The second kappa shape index (κ2) is 7.70. The third-order valence-corrected chi connectivity index (χ3v) is 3.57. The van der Waals surface area contributed by atoms with Gasteiger partial charge in [0.05, 0.1) is 6.61 Å². The summed E-state index contributed by atoms with van der Waals surface area (Å²) in [6.07, 6.45) is 12.1. The summed E-state index contributed by atoms with van der Waals surface area (Å²) in [6.45, 7) is 2.65. The Morgan fingerprint density at radius 2 is 1.53 bits per heavy atom. The Morgan fingerprint density at radius 1 is 1.06 bits per heavy atom. The molecule has 1 saturated heterocycles. The van der Waals surface area contributed by atoms with E-state index in [9.17, 15) is 4.79 Å². The first-order chi connectivity index (χ1) is 8.21. The van der Waals surface area contributed by atoms with Crippen molar-refractivity contribution in [1.82, 2.24) is 0 Å². The minimum absolute atomic E-state index is 0.416. The van der Waals surface area contributed by atoms with E-state index in [-0.39, 0.29) is 0 Å². The minimum atomic E-state index is -0.791. The first-order valence-corrected chi connectivity index (χ1v) is 7.08. The highest BCUT2D eigenvalue weighted by molar-refractivity contribution is 5.80. The van der Waals surface area contributed by atoms with Crippen molar-refractivity contribution in [1.29, 1.82) is 0 Å². The van der Waals surface area contributed by atoms with Crippen LogP contribution in [0.5, 0.6) is 0 Å². The highest BCUT2D eigenvalue weighted by Crippen LogP contribution is 2.33. The minimum Gasteiger partial charge on any atom is -0.479 e. The molecule has 0 aliphatic carbocycles. The van der Waals surface area contributed by atoms with Crippen molar-refractivity contribution in [2.24, 2.45) is 0 Å². The van der Waals surface area contributed by atoms with Crippen LogP contribution < -0.4 is 0 Å². The summed E-state index contributed by atoms with van der Waals surface area (Å²) < 4.78 is 5.03. The highest BCUT2D eigenvalue weighted by Gasteiger charge is 2.51. The monoisotopic (exact) mass is 242 g/mol. The lowest BCUT2D eigenvalue weighted by atomic mass is 10.0. The van der Waals surface area contributed by atoms with Gasteiger partial charge < -0.3 is 9.84 Å². The molecule has 1 rings (SSSR count). The Balaban J connectivity index is 1.83. The smallest absolute Gasteiger partial charge is 0.338 e. The number of unbranched alkanes of at least 4 members (excludes halogenated alkanes) is 8. The van der Waals surface area contributed by atoms with E-state index in [2.05, 4.69) is 6.92 Å². The van der Waals surface area contributed by atoms with E-state index in [4.69, 9.17) is 9.84 Å². The lowest BCUT2D eigenvalue weighted by Crippen LogP contribution is -2.23. The summed E-state index contributed by atoms with van der Waals surface area (Å²) >= 11 is 0. The number of aliphatic carboxylic acids is 1. The molecule has 1 atom stereocenters. The molecule has 0 amide bonds. The van der Waals surface area contributed by atoms with Gasteiger partial charge in [0.1, 0.15) is 0 Å². The van der Waals surface area contributed by atoms with Crippen LogP contribution in [0.15, 0.2) is 0 Å². The van der Waals surface area contributed by atoms with Crippen LogP contribution in [0, 0.1) is 0 Å². The van der Waals surface area contributed by atoms with Crippen LogP contribution >= 0.6 is 0 Å². The normalized spacial score (nSPS) is 22.6. The quantitative estimate of drug-likeness (QED) is 0.443. The van der Waals surface area contributed by atoms with Gasteiger partial charge in [0.25, 0.3) is 0 Å². The zero-order chi connectivity index (χ0) is 12.6. The predicted octanol–water partition coefficient (Wildman–Crippen LogP) is 3.76. The first-order valence-electron chi connectivity index (χ1n) is 7.08. The molecule has 0 aromatic heterocycles. The van der Waals surface area contributed by atoms with E-state index in [0.717, 1.165) is 12.8 Å². The highest BCUT2D eigenvalue weighted by atomic mass is 16.6. The fraction of sp³-hybridized carbons (Fsp3) is 0.929. The molecular formula is C14H26O3. The van der Waals surface area contributed by atoms with Crippen molar-refractivity contribution < 1.29 is 14.6 Å². The van der Waals surface area contributed by atoms with Crippen molar-refractivity contribution in [3.63, 3.8) is 0 Å². The summed E-state index contributed by atoms with van der Waals surface area (Å²) in [5.41, 5.74) is -0.791. The molecule has 0 aromatic rings. The van der Waals surface area contributed by atoms with Crippen molar-refractivity contribution in [3.05, 3.63) is 0 Å². The standard InChI is InChI=1S/C14H26O3/c1-2-3-4-5-6-7-8-9-10-11-14(12-17-14)13(15)16/h2-12H2,1H3,(H,15,16)/t14-/m1/s1. The topological polar surface area (TPSA) is 49.8 Å². The van der Waals surface area contributed by atoms with Crippen LogP contribution in [0.4, 0.5) is 0 Å². The average Bonchev–Trinajstić information content (AvgIpc) is 3.08. The van der Waals surface area contributed by atoms with Gasteiger partial charge in [-0.3, -0.25) is 0 Å². The molecule has 17 heavy (non-hydrogen) atoms. The van der Waals surface area contributed by atoms with Gasteiger partial charge in [-0.05, 0) is 12.8 Å². The van der Waals surface area contributed by atoms with Crippen LogP contribution in [0.1, 0.15) is 71.1 Å². The van der Waals surface area contributed by atoms with Gasteiger partial charge in [0, 0.05) is 0 Å². The molecule has 1 heterocycles. The van der Waals surface area contributed by atoms with E-state index in [1.54, 1.807) is 0 Å². The number of hydrogen-bond acceptors (Lipinski definition) is 2. The molecule has 0 radical (unpaired) electrons. The number of carbonyl (C=O) groups is 1. The van der Waals surface area contributed by atoms with Crippen LogP contribution in [0.3, 0.4) is 0 Å². The maximum absolute atomic E-state index is 10.8. The molecule has 1 N–H and O–H groups in total. The summed E-state index contributed by atoms with van der Waals surface area (Å²) in [4.78, 5) is 10.8. The van der Waals surface area contributed by atoms with Crippen LogP contribution in [-0.4, -0.2) is 23.3 Å². The van der Waals surface area contributed by atoms with Crippen molar-refractivity contribution in [2.75, 3.05) is 6.61 Å². The SMILES string of the molecule is CCCCCCCCCCC[C@]1(C(=O)O)CO1. The van der Waals surface area contributed by atoms with Crippen LogP contribution in [0.25, 0.3) is 0 Å². The molecule has 100 valence electrons. The van der Waals surface area contributed by atoms with Gasteiger partial charge in [0.2, 0.25) is 0 Å². The molecule has 0 aromatic carbocycles. The molecule has 0 saturated carbocycles. The summed E-state index contributed by atoms with van der Waals surface area (Å²) in [6, 6.07) is 0. The number of carboxylic acid groups (broad SMARTS) is 1. The second-order valence-electron chi connectivity index (χ2n) is 5.17. The van der Waals surface area contributed by atoms with E-state index >= 15 is 0 Å². The van der Waals surface area contributed by atoms with Crippen molar-refractivity contribution in [2.45, 2.75) is 76.7 Å². The van der Waals surface area contributed by atoms with Crippen LogP contribution in [-0.2, 0) is 9.53 Å². The molecule has 3 heteroatoms. The molecule has 1 aliphatic heterocycles. The Morgan fingerprint density at radius 3 is 1.94 bits per heavy atom. The van der Waals surface area contributed by atoms with Gasteiger partial charge in [-0.2, -0.15) is 0 Å². The Hall–Kier alpha value is -0.570. The fourth-order valence-corrected chi connectivity index (χ4v) is 2.18. The maximum atomic E-state index is 10.8. The van der Waals surface area contributed by atoms with Crippen molar-refractivity contribution >= 4 is 5.97 Å². The molecule has 0 unspecified atom stereocenters. The van der Waals surface area contributed by atoms with Crippen molar-refractivity contribution in [3.8, 4) is 0 Å². The Kier molecular flexibility index (Phi) is 6.56. The molecule has 1 fully saturated rings. The number of epoxide rings is 1. The molecule has 1 aliphatic rings. The van der Waals surface area contributed by atoms with Gasteiger partial charge in [0.15, 0.2) is 5.60 Å². The van der Waals surface area contributed by atoms with E-state index in [1.165, 1.54) is 44.9 Å². The molecule has 0 bridgehead atoms. The Bertz CT molecular complexity index is 222. The Labute approximate surface area is 105 Å². The van der Waals surface area contributed by atoms with E-state index in [1.807, 2.05) is 0 Å². The fourth-order valence-electron chi connectivity index (χ4n) is 2.18. The third kappa shape index (κ3) is 5.53. The second-order valence-corrected chi connectivity index (χ2v) is 5.17. The van der Waals surface area contributed by atoms with Gasteiger partial charge in [-0.25, -0.2) is 4.79 Å². The molecular weight excluding hydrogens is 216 g/mol. The number of ether oxygens (including phenoxy) is 1. The zero-order valence-corrected chi connectivity index (χ0v) is 11.0. The molecule has 3 nitrogen and oxygen atoms in total. The maximum Gasteiger partial charge on any atom is 0.338 e. The third-order valence-electron chi connectivity index (χ3n) is 3.57. The summed E-state index contributed by atoms with van der Waals surface area (Å²) in [5, 5.41) is 8.90. The number of hydrogen-bond donors (Lipinski definition) is 1. The lowest BCUT2D eigenvalue weighted by Gasteiger charge is -2.05. The first kappa shape index (κ1) is 14.5. The average molecular weight is 242 g/mol. The van der Waals surface area contributed by atoms with Crippen LogP contribution in [0.2, 0.25) is 0 Å².